The zero-order valence-corrected chi connectivity index (χ0v) is 15.6. The summed E-state index contributed by atoms with van der Waals surface area (Å²) in [6.45, 7) is 10.2. The molecule has 0 fully saturated rings. The van der Waals surface area contributed by atoms with Gasteiger partial charge in [0.05, 0.1) is 0 Å². The van der Waals surface area contributed by atoms with E-state index in [1.54, 1.807) is 23.3 Å². The summed E-state index contributed by atoms with van der Waals surface area (Å²) in [5.74, 6) is 0. The maximum atomic E-state index is 6.94. The van der Waals surface area contributed by atoms with Crippen LogP contribution in [0.3, 0.4) is 0 Å². The van der Waals surface area contributed by atoms with Crippen LogP contribution in [0.1, 0.15) is 20.8 Å². The van der Waals surface area contributed by atoms with E-state index in [2.05, 4.69) is 13.1 Å². The van der Waals surface area contributed by atoms with Crippen LogP contribution in [0.2, 0.25) is 13.1 Å². The van der Waals surface area contributed by atoms with E-state index in [4.69, 9.17) is 5.73 Å². The predicted octanol–water partition coefficient (Wildman–Crippen LogP) is -1.97. The first-order valence-electron chi connectivity index (χ1n) is 4.67. The summed E-state index contributed by atoms with van der Waals surface area (Å²) in [6, 6.07) is 10.0. The van der Waals surface area contributed by atoms with Gasteiger partial charge in [-0.05, 0) is 0 Å². The van der Waals surface area contributed by atoms with Gasteiger partial charge in [0.2, 0.25) is 0 Å². The molecule has 1 aromatic carbocycles. The minimum absolute atomic E-state index is 0. The quantitative estimate of drug-likeness (QED) is 0.380. The van der Waals surface area contributed by atoms with Gasteiger partial charge in [-0.1, -0.05) is 20.8 Å². The van der Waals surface area contributed by atoms with Crippen LogP contribution in [0.5, 0.6) is 0 Å². The Bertz CT molecular complexity index is 193. The fourth-order valence-corrected chi connectivity index (χ4v) is 0.321. The van der Waals surface area contributed by atoms with Crippen molar-refractivity contribution in [3.8, 4) is 0 Å². The van der Waals surface area contributed by atoms with Crippen molar-refractivity contribution in [3.05, 3.63) is 36.1 Å². The molecule has 0 bridgehead atoms. The monoisotopic (exact) mass is 355 g/mol. The van der Waals surface area contributed by atoms with Crippen molar-refractivity contribution in [2.24, 2.45) is 0 Å². The van der Waals surface area contributed by atoms with Gasteiger partial charge in [-0.3, -0.25) is 0 Å². The van der Waals surface area contributed by atoms with Crippen molar-refractivity contribution in [1.82, 2.24) is 0 Å². The molecule has 94 valence electrons. The van der Waals surface area contributed by atoms with Crippen molar-refractivity contribution < 1.29 is 48.1 Å². The minimum atomic E-state index is -0.250. The Kier molecular flexibility index (Phi) is 25.7. The molecule has 0 atom stereocenters. The first-order valence-corrected chi connectivity index (χ1v) is 10.9. The van der Waals surface area contributed by atoms with Gasteiger partial charge >= 0.3 is 41.9 Å². The average molecular weight is 358 g/mol. The van der Waals surface area contributed by atoms with Crippen LogP contribution in [-0.2, 0) is 23.3 Å². The Morgan fingerprint density at radius 3 is 1.31 bits per heavy atom. The summed E-state index contributed by atoms with van der Waals surface area (Å²) in [4.78, 5) is 0. The van der Waals surface area contributed by atoms with E-state index in [0.29, 0.717) is 0 Å². The Morgan fingerprint density at radius 2 is 1.25 bits per heavy atom. The molecule has 5 heteroatoms. The van der Waals surface area contributed by atoms with Gasteiger partial charge in [-0.2, -0.15) is 18.2 Å². The molecule has 0 saturated heterocycles. The number of hydrogen-bond donors (Lipinski definition) is 0. The fraction of sp³-hybridized carbons (Fsp3) is 0.545. The van der Waals surface area contributed by atoms with Crippen molar-refractivity contribution in [3.63, 3.8) is 0 Å². The molecule has 0 aliphatic carbocycles. The molecule has 0 heterocycles. The summed E-state index contributed by atoms with van der Waals surface area (Å²) in [7, 11) is 0. The molecule has 1 N–H and O–H groups in total. The van der Waals surface area contributed by atoms with Crippen LogP contribution in [0.4, 0.5) is 0 Å². The van der Waals surface area contributed by atoms with Gasteiger partial charge in [0, 0.05) is 0 Å². The molecule has 0 unspecified atom stereocenters. The molecule has 1 nitrogen and oxygen atoms in total. The third-order valence-electron chi connectivity index (χ3n) is 0.556. The first-order chi connectivity index (χ1) is 6.23. The molecule has 0 saturated carbocycles. The van der Waals surface area contributed by atoms with Crippen molar-refractivity contribution in [2.45, 2.75) is 39.4 Å². The zero-order valence-electron chi connectivity index (χ0n) is 10.6. The minimum Gasteiger partial charge on any atom is -1.00 e. The normalized spacial score (nSPS) is 8.00. The molecule has 16 heavy (non-hydrogen) atoms. The van der Waals surface area contributed by atoms with Crippen LogP contribution in [-0.4, -0.2) is 11.0 Å². The number of nitrogens with one attached hydrogen (secondary N) is 1. The molecular weight excluding hydrogens is 336 g/mol. The van der Waals surface area contributed by atoms with Crippen molar-refractivity contribution in [1.29, 1.82) is 0 Å². The SMILES string of the molecule is CC(C)(C)[NH-].C[Si](C)=[Zr+2].[Cl-].[Cl-].c1cc[cH-]c1. The average Bonchev–Trinajstić information content (AvgIpc) is 2.32. The van der Waals surface area contributed by atoms with Gasteiger partial charge in [-0.25, -0.2) is 12.1 Å². The molecule has 1 aromatic rings. The zero-order chi connectivity index (χ0) is 11.6. The number of hydrogen-bond acceptors (Lipinski definition) is 0. The second kappa shape index (κ2) is 16.0. The summed E-state index contributed by atoms with van der Waals surface area (Å²) >= 11 is 1.74. The Balaban J connectivity index is -0.0000000641. The van der Waals surface area contributed by atoms with E-state index in [0.717, 1.165) is 0 Å². The van der Waals surface area contributed by atoms with Crippen molar-refractivity contribution >= 4 is 5.43 Å². The fourth-order valence-electron chi connectivity index (χ4n) is 0.321. The van der Waals surface area contributed by atoms with E-state index in [9.17, 15) is 0 Å². The standard InChI is InChI=1S/C5H5.C4H10N.C2H6Si.2ClH.Zr/c1-2-4-5-3-1;1-4(2,3)5;1-3-2;;;/h1-5H;5H,1-3H3;1-2H3;2*1H;/q2*-1;;;;+2/p-2. The second-order valence-corrected chi connectivity index (χ2v) is 13.6. The largest absolute Gasteiger partial charge is 1.00 e. The van der Waals surface area contributed by atoms with E-state index >= 15 is 0 Å². The van der Waals surface area contributed by atoms with Gasteiger partial charge in [0.1, 0.15) is 0 Å². The molecule has 0 amide bonds. The van der Waals surface area contributed by atoms with E-state index < -0.39 is 0 Å². The number of rotatable bonds is 0. The van der Waals surface area contributed by atoms with Gasteiger partial charge in [0.15, 0.2) is 0 Å². The van der Waals surface area contributed by atoms with Crippen LogP contribution in [0.15, 0.2) is 30.3 Å². The third kappa shape index (κ3) is 81.8. The van der Waals surface area contributed by atoms with E-state index in [-0.39, 0.29) is 35.8 Å². The Labute approximate surface area is 128 Å². The molecule has 1 rings (SSSR count). The summed E-state index contributed by atoms with van der Waals surface area (Å²) < 4.78 is 0. The third-order valence-corrected chi connectivity index (χ3v) is 0.556. The first kappa shape index (κ1) is 25.7. The smallest absolute Gasteiger partial charge is 0.172 e. The molecule has 0 aromatic heterocycles. The van der Waals surface area contributed by atoms with E-state index in [1.807, 2.05) is 51.1 Å². The van der Waals surface area contributed by atoms with E-state index in [1.165, 1.54) is 0 Å². The van der Waals surface area contributed by atoms with Crippen LogP contribution >= 0.6 is 0 Å². The summed E-state index contributed by atoms with van der Waals surface area (Å²) in [5, 5.41) is 0. The van der Waals surface area contributed by atoms with Crippen LogP contribution in [0, 0.1) is 0 Å². The molecule has 0 aliphatic heterocycles. The Morgan fingerprint density at radius 1 is 1.06 bits per heavy atom. The molecular formula is C11H21Cl2NSiZr-2. The summed E-state index contributed by atoms with van der Waals surface area (Å²) in [5.41, 5.74) is 6.90. The molecule has 0 aliphatic rings. The predicted molar refractivity (Wildman–Crippen MR) is 63.6 cm³/mol. The van der Waals surface area contributed by atoms with Crippen LogP contribution < -0.4 is 24.8 Å². The van der Waals surface area contributed by atoms with Gasteiger partial charge < -0.3 is 30.5 Å². The Hall–Kier alpha value is 0.990. The molecule has 0 spiro atoms. The number of halogens is 2. The van der Waals surface area contributed by atoms with Gasteiger partial charge in [0.25, 0.3) is 0 Å². The molecule has 0 radical (unpaired) electrons. The van der Waals surface area contributed by atoms with Crippen molar-refractivity contribution in [2.75, 3.05) is 0 Å². The van der Waals surface area contributed by atoms with Gasteiger partial charge in [-0.15, -0.1) is 5.54 Å². The summed E-state index contributed by atoms with van der Waals surface area (Å²) in [6.07, 6.45) is 0. The van der Waals surface area contributed by atoms with Crippen LogP contribution in [0.25, 0.3) is 5.73 Å². The maximum absolute atomic E-state index is 6.94. The second-order valence-electron chi connectivity index (χ2n) is 4.21. The maximum Gasteiger partial charge on any atom is -0.172 e. The topological polar surface area (TPSA) is 23.8 Å².